The number of benzene rings is 3. The van der Waals surface area contributed by atoms with Crippen LogP contribution >= 0.6 is 0 Å². The monoisotopic (exact) mass is 441 g/mol. The van der Waals surface area contributed by atoms with Gasteiger partial charge in [-0.05, 0) is 61.7 Å². The molecule has 0 aromatic heterocycles. The van der Waals surface area contributed by atoms with Crippen molar-refractivity contribution >= 4 is 29.3 Å². The Balaban J connectivity index is 1.58. The molecule has 0 aliphatic carbocycles. The van der Waals surface area contributed by atoms with Gasteiger partial charge in [-0.2, -0.15) is 0 Å². The van der Waals surface area contributed by atoms with Crippen molar-refractivity contribution in [1.29, 1.82) is 0 Å². The lowest BCUT2D eigenvalue weighted by Crippen LogP contribution is -2.29. The van der Waals surface area contributed by atoms with Gasteiger partial charge in [0.25, 0.3) is 11.8 Å². The van der Waals surface area contributed by atoms with Crippen LogP contribution in [0, 0.1) is 13.8 Å². The molecule has 0 N–H and O–H groups in total. The molecule has 0 fully saturated rings. The van der Waals surface area contributed by atoms with Crippen molar-refractivity contribution in [2.45, 2.75) is 33.3 Å². The molecule has 6 heteroatoms. The average Bonchev–Trinajstić information content (AvgIpc) is 3.08. The third kappa shape index (κ3) is 4.07. The fraction of sp³-hybridized carbons (Fsp3) is 0.185. The second kappa shape index (κ2) is 8.82. The smallest absolute Gasteiger partial charge is 0.338 e. The number of carbonyl (C=O) groups excluding carboxylic acids is 4. The molecule has 0 spiro atoms. The van der Waals surface area contributed by atoms with Crippen LogP contribution in [0.5, 0.6) is 0 Å². The number of Topliss-reactive ketones (excluding diaryl/α,β-unsaturated/α-hetero) is 1. The average molecular weight is 441 g/mol. The highest BCUT2D eigenvalue weighted by Gasteiger charge is 2.37. The number of esters is 1. The molecule has 2 amide bonds. The third-order valence-corrected chi connectivity index (χ3v) is 5.84. The Morgan fingerprint density at radius 2 is 1.52 bits per heavy atom. The molecule has 0 saturated heterocycles. The summed E-state index contributed by atoms with van der Waals surface area (Å²) in [6.45, 7) is 5.61. The normalized spacial score (nSPS) is 13.6. The van der Waals surface area contributed by atoms with E-state index in [1.165, 1.54) is 18.2 Å². The zero-order chi connectivity index (χ0) is 23.7. The summed E-state index contributed by atoms with van der Waals surface area (Å²) in [5.74, 6) is -1.96. The summed E-state index contributed by atoms with van der Waals surface area (Å²) < 4.78 is 5.47. The van der Waals surface area contributed by atoms with Gasteiger partial charge >= 0.3 is 5.97 Å². The summed E-state index contributed by atoms with van der Waals surface area (Å²) in [4.78, 5) is 52.5. The highest BCUT2D eigenvalue weighted by atomic mass is 16.5. The zero-order valence-corrected chi connectivity index (χ0v) is 18.6. The Morgan fingerprint density at radius 3 is 2.18 bits per heavy atom. The van der Waals surface area contributed by atoms with Crippen molar-refractivity contribution in [2.24, 2.45) is 0 Å². The maximum absolute atomic E-state index is 13.0. The number of carbonyl (C=O) groups is 4. The molecule has 1 aliphatic heterocycles. The Labute approximate surface area is 191 Å². The summed E-state index contributed by atoms with van der Waals surface area (Å²) in [6, 6.07) is 18.2. The van der Waals surface area contributed by atoms with Crippen molar-refractivity contribution < 1.29 is 23.9 Å². The first kappa shape index (κ1) is 22.1. The number of hydrogen-bond acceptors (Lipinski definition) is 5. The second-order valence-electron chi connectivity index (χ2n) is 8.01. The van der Waals surface area contributed by atoms with E-state index in [9.17, 15) is 19.2 Å². The molecule has 3 aromatic rings. The molecule has 6 nitrogen and oxygen atoms in total. The molecule has 1 aliphatic rings. The second-order valence-corrected chi connectivity index (χ2v) is 8.01. The molecule has 0 bridgehead atoms. The van der Waals surface area contributed by atoms with E-state index in [1.54, 1.807) is 49.4 Å². The lowest BCUT2D eigenvalue weighted by Gasteiger charge is -2.15. The minimum atomic E-state index is -0.947. The van der Waals surface area contributed by atoms with E-state index in [2.05, 4.69) is 0 Å². The quantitative estimate of drug-likeness (QED) is 0.308. The number of rotatable bonds is 6. The minimum Gasteiger partial charge on any atom is -0.450 e. The van der Waals surface area contributed by atoms with Gasteiger partial charge in [-0.15, -0.1) is 0 Å². The van der Waals surface area contributed by atoms with E-state index < -0.39 is 23.9 Å². The van der Waals surface area contributed by atoms with Crippen LogP contribution in [0.1, 0.15) is 65.9 Å². The van der Waals surface area contributed by atoms with Crippen LogP contribution in [0.4, 0.5) is 5.69 Å². The van der Waals surface area contributed by atoms with Crippen LogP contribution < -0.4 is 4.90 Å². The van der Waals surface area contributed by atoms with Gasteiger partial charge in [-0.25, -0.2) is 9.69 Å². The first-order valence-electron chi connectivity index (χ1n) is 10.7. The van der Waals surface area contributed by atoms with Crippen molar-refractivity contribution in [1.82, 2.24) is 0 Å². The number of anilines is 1. The molecule has 4 rings (SSSR count). The summed E-state index contributed by atoms with van der Waals surface area (Å²) in [7, 11) is 0. The summed E-state index contributed by atoms with van der Waals surface area (Å²) in [5, 5.41) is 0. The number of hydrogen-bond donors (Lipinski definition) is 0. The van der Waals surface area contributed by atoms with Crippen molar-refractivity contribution in [3.63, 3.8) is 0 Å². The number of amides is 2. The summed E-state index contributed by atoms with van der Waals surface area (Å²) in [6.07, 6.45) is -0.639. The fourth-order valence-electron chi connectivity index (χ4n) is 3.77. The van der Waals surface area contributed by atoms with Crippen LogP contribution in [-0.2, 0) is 4.74 Å². The molecular weight excluding hydrogens is 418 g/mol. The first-order valence-corrected chi connectivity index (χ1v) is 10.7. The lowest BCUT2D eigenvalue weighted by atomic mass is 10.0. The van der Waals surface area contributed by atoms with Gasteiger partial charge in [-0.3, -0.25) is 14.4 Å². The number of imide groups is 1. The maximum Gasteiger partial charge on any atom is 0.338 e. The number of fused-ring (bicyclic) bond motifs is 1. The van der Waals surface area contributed by atoms with Gasteiger partial charge < -0.3 is 4.74 Å². The third-order valence-electron chi connectivity index (χ3n) is 5.84. The van der Waals surface area contributed by atoms with Crippen molar-refractivity contribution in [3.05, 3.63) is 100 Å². The van der Waals surface area contributed by atoms with Gasteiger partial charge in [0.05, 0.1) is 22.4 Å². The Morgan fingerprint density at radius 1 is 0.818 bits per heavy atom. The minimum absolute atomic E-state index is 0.108. The molecule has 1 atom stereocenters. The van der Waals surface area contributed by atoms with E-state index in [1.807, 2.05) is 19.9 Å². The Hall–Kier alpha value is -4.06. The number of ether oxygens (including phenoxy) is 1. The highest BCUT2D eigenvalue weighted by molar-refractivity contribution is 6.34. The Kier molecular flexibility index (Phi) is 5.92. The lowest BCUT2D eigenvalue weighted by molar-refractivity contribution is 0.0277. The summed E-state index contributed by atoms with van der Waals surface area (Å²) >= 11 is 0. The predicted molar refractivity (Wildman–Crippen MR) is 124 cm³/mol. The zero-order valence-electron chi connectivity index (χ0n) is 18.6. The van der Waals surface area contributed by atoms with Crippen LogP contribution in [0.15, 0.2) is 66.7 Å². The van der Waals surface area contributed by atoms with Crippen molar-refractivity contribution in [3.8, 4) is 0 Å². The van der Waals surface area contributed by atoms with E-state index >= 15 is 0 Å². The van der Waals surface area contributed by atoms with Crippen molar-refractivity contribution in [2.75, 3.05) is 4.90 Å². The van der Waals surface area contributed by atoms with Crippen LogP contribution in [-0.4, -0.2) is 29.7 Å². The molecule has 1 heterocycles. The van der Waals surface area contributed by atoms with Crippen LogP contribution in [0.3, 0.4) is 0 Å². The van der Waals surface area contributed by atoms with Crippen LogP contribution in [0.25, 0.3) is 0 Å². The molecular formula is C27H23NO5. The topological polar surface area (TPSA) is 80.8 Å². The standard InChI is InChI=1S/C27H23NO5/c1-4-23(24(29)18-8-6-5-7-9-18)33-27(32)19-11-13-21-22(15-19)26(31)28(25(21)30)20-12-10-16(2)17(3)14-20/h5-15,23H,4H2,1-3H3/t23-/m0/s1. The number of nitrogens with zero attached hydrogens (tertiary/aromatic N) is 1. The Bertz CT molecular complexity index is 1280. The van der Waals surface area contributed by atoms with Gasteiger partial charge in [0.1, 0.15) is 0 Å². The number of ketones is 1. The van der Waals surface area contributed by atoms with E-state index in [0.717, 1.165) is 16.0 Å². The van der Waals surface area contributed by atoms with Gasteiger partial charge in [0.2, 0.25) is 5.78 Å². The first-order chi connectivity index (χ1) is 15.8. The molecule has 0 unspecified atom stereocenters. The molecule has 0 saturated carbocycles. The summed E-state index contributed by atoms with van der Waals surface area (Å²) in [5.41, 5.74) is 3.41. The van der Waals surface area contributed by atoms with E-state index in [0.29, 0.717) is 17.7 Å². The van der Waals surface area contributed by atoms with Gasteiger partial charge in [-0.1, -0.05) is 43.3 Å². The molecule has 3 aromatic carbocycles. The molecule has 33 heavy (non-hydrogen) atoms. The number of aryl methyl sites for hydroxylation is 2. The molecule has 166 valence electrons. The van der Waals surface area contributed by atoms with Gasteiger partial charge in [0, 0.05) is 5.56 Å². The maximum atomic E-state index is 13.0. The van der Waals surface area contributed by atoms with Crippen LogP contribution in [0.2, 0.25) is 0 Å². The van der Waals surface area contributed by atoms with E-state index in [4.69, 9.17) is 4.74 Å². The highest BCUT2D eigenvalue weighted by Crippen LogP contribution is 2.30. The predicted octanol–water partition coefficient (Wildman–Crippen LogP) is 4.92. The molecule has 0 radical (unpaired) electrons. The SMILES string of the molecule is CC[C@H](OC(=O)c1ccc2c(c1)C(=O)N(c1ccc(C)c(C)c1)C2=O)C(=O)c1ccccc1. The van der Waals surface area contributed by atoms with E-state index in [-0.39, 0.29) is 22.5 Å². The fourth-order valence-corrected chi connectivity index (χ4v) is 3.77. The largest absolute Gasteiger partial charge is 0.450 e. The van der Waals surface area contributed by atoms with Gasteiger partial charge in [0.15, 0.2) is 6.10 Å².